The second-order valence-corrected chi connectivity index (χ2v) is 6.44. The number of hydrogen-bond acceptors (Lipinski definition) is 0. The van der Waals surface area contributed by atoms with Gasteiger partial charge in [-0.25, -0.2) is 0 Å². The van der Waals surface area contributed by atoms with Crippen molar-refractivity contribution in [2.45, 2.75) is 12.8 Å². The Hall–Kier alpha value is -1.86. The van der Waals surface area contributed by atoms with Gasteiger partial charge in [-0.1, -0.05) is 76.6 Å². The molecule has 1 atom stereocenters. The molecule has 21 heavy (non-hydrogen) atoms. The average Bonchev–Trinajstić information content (AvgIpc) is 2.95. The second kappa shape index (κ2) is 4.85. The summed E-state index contributed by atoms with van der Waals surface area (Å²) in [7, 11) is 0. The highest BCUT2D eigenvalue weighted by Crippen LogP contribution is 2.40. The molecule has 3 aromatic rings. The predicted molar refractivity (Wildman–Crippen MR) is 93.7 cm³/mol. The van der Waals surface area contributed by atoms with Crippen LogP contribution in [0.5, 0.6) is 0 Å². The lowest BCUT2D eigenvalue weighted by atomic mass is 9.88. The zero-order valence-corrected chi connectivity index (χ0v) is 13.4. The number of benzene rings is 3. The Labute approximate surface area is 133 Å². The second-order valence-electron chi connectivity index (χ2n) is 5.58. The Balaban J connectivity index is 1.97. The lowest BCUT2D eigenvalue weighted by molar-refractivity contribution is 1.03. The third kappa shape index (κ3) is 1.96. The smallest absolute Gasteiger partial charge is 0.0281 e. The molecule has 0 heterocycles. The SMILES string of the molecule is Cc1c(C2C=Cc3ccccc32)cc(Br)c2ccccc12. The maximum Gasteiger partial charge on any atom is 0.0281 e. The van der Waals surface area contributed by atoms with Crippen LogP contribution < -0.4 is 0 Å². The van der Waals surface area contributed by atoms with E-state index in [1.54, 1.807) is 0 Å². The van der Waals surface area contributed by atoms with Crippen LogP contribution in [0.1, 0.15) is 28.2 Å². The number of rotatable bonds is 1. The zero-order valence-electron chi connectivity index (χ0n) is 11.8. The van der Waals surface area contributed by atoms with Gasteiger partial charge in [0, 0.05) is 10.4 Å². The molecule has 4 rings (SSSR count). The first-order valence-electron chi connectivity index (χ1n) is 7.20. The fraction of sp³-hybridized carbons (Fsp3) is 0.100. The van der Waals surface area contributed by atoms with Crippen LogP contribution in [0.3, 0.4) is 0 Å². The summed E-state index contributed by atoms with van der Waals surface area (Å²) in [5, 5.41) is 2.62. The van der Waals surface area contributed by atoms with Gasteiger partial charge in [0.2, 0.25) is 0 Å². The summed E-state index contributed by atoms with van der Waals surface area (Å²) < 4.78 is 1.18. The van der Waals surface area contributed by atoms with Crippen LogP contribution in [0, 0.1) is 6.92 Å². The normalized spacial score (nSPS) is 16.4. The minimum Gasteiger partial charge on any atom is -0.0720 e. The Morgan fingerprint density at radius 3 is 2.43 bits per heavy atom. The van der Waals surface area contributed by atoms with Crippen molar-refractivity contribution in [2.24, 2.45) is 0 Å². The van der Waals surface area contributed by atoms with Crippen molar-refractivity contribution in [1.82, 2.24) is 0 Å². The van der Waals surface area contributed by atoms with Crippen molar-refractivity contribution >= 4 is 32.8 Å². The number of halogens is 1. The molecule has 3 aromatic carbocycles. The van der Waals surface area contributed by atoms with E-state index in [9.17, 15) is 0 Å². The van der Waals surface area contributed by atoms with Gasteiger partial charge in [-0.2, -0.15) is 0 Å². The van der Waals surface area contributed by atoms with E-state index in [0.717, 1.165) is 0 Å². The zero-order chi connectivity index (χ0) is 14.4. The summed E-state index contributed by atoms with van der Waals surface area (Å²) in [5.74, 6) is 0.363. The summed E-state index contributed by atoms with van der Waals surface area (Å²) in [6, 6.07) is 19.5. The molecule has 102 valence electrons. The third-order valence-corrected chi connectivity index (χ3v) is 5.09. The van der Waals surface area contributed by atoms with Crippen LogP contribution in [-0.4, -0.2) is 0 Å². The molecule has 1 heteroatoms. The minimum atomic E-state index is 0.363. The van der Waals surface area contributed by atoms with Crippen LogP contribution in [0.25, 0.3) is 16.8 Å². The van der Waals surface area contributed by atoms with Crippen LogP contribution in [0.2, 0.25) is 0 Å². The van der Waals surface area contributed by atoms with Gasteiger partial charge in [-0.3, -0.25) is 0 Å². The first-order chi connectivity index (χ1) is 10.3. The quantitative estimate of drug-likeness (QED) is 0.506. The van der Waals surface area contributed by atoms with Gasteiger partial charge in [0.15, 0.2) is 0 Å². The summed E-state index contributed by atoms with van der Waals surface area (Å²) in [6.07, 6.45) is 4.55. The molecule has 0 aromatic heterocycles. The summed E-state index contributed by atoms with van der Waals surface area (Å²) in [5.41, 5.74) is 5.51. The largest absolute Gasteiger partial charge is 0.0720 e. The maximum atomic E-state index is 3.74. The van der Waals surface area contributed by atoms with E-state index in [-0.39, 0.29) is 0 Å². The average molecular weight is 335 g/mol. The molecule has 0 N–H and O–H groups in total. The highest BCUT2D eigenvalue weighted by molar-refractivity contribution is 9.10. The lowest BCUT2D eigenvalue weighted by Crippen LogP contribution is -1.99. The van der Waals surface area contributed by atoms with Gasteiger partial charge in [-0.05, 0) is 46.0 Å². The van der Waals surface area contributed by atoms with Crippen LogP contribution in [0.4, 0.5) is 0 Å². The molecule has 0 bridgehead atoms. The number of fused-ring (bicyclic) bond motifs is 2. The van der Waals surface area contributed by atoms with E-state index >= 15 is 0 Å². The van der Waals surface area contributed by atoms with Crippen LogP contribution >= 0.6 is 15.9 Å². The lowest BCUT2D eigenvalue weighted by Gasteiger charge is -2.17. The number of aryl methyl sites for hydroxylation is 1. The molecular weight excluding hydrogens is 320 g/mol. The molecule has 0 nitrogen and oxygen atoms in total. The van der Waals surface area contributed by atoms with Crippen molar-refractivity contribution in [3.05, 3.63) is 87.4 Å². The Kier molecular flexibility index (Phi) is 2.97. The van der Waals surface area contributed by atoms with Gasteiger partial charge >= 0.3 is 0 Å². The van der Waals surface area contributed by atoms with E-state index in [1.807, 2.05) is 0 Å². The van der Waals surface area contributed by atoms with E-state index in [1.165, 1.54) is 37.5 Å². The topological polar surface area (TPSA) is 0 Å². The third-order valence-electron chi connectivity index (χ3n) is 4.44. The molecule has 1 unspecified atom stereocenters. The van der Waals surface area contributed by atoms with Crippen LogP contribution in [-0.2, 0) is 0 Å². The monoisotopic (exact) mass is 334 g/mol. The van der Waals surface area contributed by atoms with E-state index in [4.69, 9.17) is 0 Å². The minimum absolute atomic E-state index is 0.363. The molecule has 0 saturated carbocycles. The first-order valence-corrected chi connectivity index (χ1v) is 8.00. The van der Waals surface area contributed by atoms with E-state index in [2.05, 4.69) is 89.6 Å². The molecule has 1 aliphatic rings. The molecule has 0 spiro atoms. The molecule has 0 fully saturated rings. The van der Waals surface area contributed by atoms with Gasteiger partial charge in [0.25, 0.3) is 0 Å². The van der Waals surface area contributed by atoms with Crippen molar-refractivity contribution in [3.63, 3.8) is 0 Å². The maximum absolute atomic E-state index is 3.74. The van der Waals surface area contributed by atoms with Crippen molar-refractivity contribution in [1.29, 1.82) is 0 Å². The fourth-order valence-electron chi connectivity index (χ4n) is 3.34. The highest BCUT2D eigenvalue weighted by Gasteiger charge is 2.21. The fourth-order valence-corrected chi connectivity index (χ4v) is 3.93. The van der Waals surface area contributed by atoms with Gasteiger partial charge < -0.3 is 0 Å². The molecular formula is C20H15Br. The van der Waals surface area contributed by atoms with Crippen molar-refractivity contribution < 1.29 is 0 Å². The molecule has 0 amide bonds. The highest BCUT2D eigenvalue weighted by atomic mass is 79.9. The summed E-state index contributed by atoms with van der Waals surface area (Å²) in [4.78, 5) is 0. The Morgan fingerprint density at radius 1 is 0.857 bits per heavy atom. The van der Waals surface area contributed by atoms with Crippen molar-refractivity contribution in [2.75, 3.05) is 0 Å². The van der Waals surface area contributed by atoms with Crippen molar-refractivity contribution in [3.8, 4) is 0 Å². The van der Waals surface area contributed by atoms with E-state index < -0.39 is 0 Å². The Bertz CT molecular complexity index is 874. The number of hydrogen-bond donors (Lipinski definition) is 0. The van der Waals surface area contributed by atoms with Gasteiger partial charge in [-0.15, -0.1) is 0 Å². The summed E-state index contributed by atoms with van der Waals surface area (Å²) >= 11 is 3.74. The predicted octanol–water partition coefficient (Wildman–Crippen LogP) is 6.07. The van der Waals surface area contributed by atoms with Gasteiger partial charge in [0.1, 0.15) is 0 Å². The summed E-state index contributed by atoms with van der Waals surface area (Å²) in [6.45, 7) is 2.24. The number of allylic oxidation sites excluding steroid dienone is 1. The van der Waals surface area contributed by atoms with Gasteiger partial charge in [0.05, 0.1) is 0 Å². The first kappa shape index (κ1) is 12.8. The standard InChI is InChI=1S/C20H15Br/c1-13-15-7-4-5-9-18(15)20(21)12-19(13)17-11-10-14-6-2-3-8-16(14)17/h2-12,17H,1H3. The van der Waals surface area contributed by atoms with Crippen LogP contribution in [0.15, 0.2) is 65.1 Å². The Morgan fingerprint density at radius 2 is 1.57 bits per heavy atom. The molecule has 0 saturated heterocycles. The van der Waals surface area contributed by atoms with E-state index in [0.29, 0.717) is 5.92 Å². The molecule has 0 aliphatic heterocycles. The molecule has 1 aliphatic carbocycles. The molecule has 0 radical (unpaired) electrons.